The molecule has 78 heavy (non-hydrogen) atoms. The summed E-state index contributed by atoms with van der Waals surface area (Å²) in [5.41, 5.74) is 0. The number of allylic oxidation sites excluding steroid dienone is 4. The molecule has 0 saturated heterocycles. The minimum atomic E-state index is -4.75. The van der Waals surface area contributed by atoms with E-state index in [0.717, 1.165) is 70.6 Å². The minimum Gasteiger partial charge on any atom is -0.462 e. The molecule has 0 saturated carbocycles. The molecule has 0 amide bonds. The second kappa shape index (κ2) is 61.0. The van der Waals surface area contributed by atoms with E-state index in [1.807, 2.05) is 0 Å². The van der Waals surface area contributed by atoms with E-state index in [4.69, 9.17) is 23.3 Å². The van der Waals surface area contributed by atoms with Gasteiger partial charge >= 0.3 is 25.7 Å². The number of ether oxygens (including phenoxy) is 3. The van der Waals surface area contributed by atoms with Crippen LogP contribution in [0.2, 0.25) is 0 Å². The highest BCUT2D eigenvalue weighted by Crippen LogP contribution is 2.43. The van der Waals surface area contributed by atoms with Gasteiger partial charge in [-0.05, 0) is 51.4 Å². The molecular formula is C66H125O11P. The van der Waals surface area contributed by atoms with Crippen LogP contribution in [0.4, 0.5) is 0 Å². The lowest BCUT2D eigenvalue weighted by atomic mass is 10.0. The van der Waals surface area contributed by atoms with Crippen molar-refractivity contribution in [3.63, 3.8) is 0 Å². The lowest BCUT2D eigenvalue weighted by molar-refractivity contribution is -0.161. The molecule has 0 aliphatic carbocycles. The van der Waals surface area contributed by atoms with E-state index in [2.05, 4.69) is 45.1 Å². The zero-order valence-corrected chi connectivity index (χ0v) is 52.1. The van der Waals surface area contributed by atoms with Gasteiger partial charge in [-0.1, -0.05) is 295 Å². The zero-order valence-electron chi connectivity index (χ0n) is 51.2. The highest BCUT2D eigenvalue weighted by molar-refractivity contribution is 7.47. The van der Waals surface area contributed by atoms with Gasteiger partial charge in [-0.2, -0.15) is 0 Å². The smallest absolute Gasteiger partial charge is 0.462 e. The number of aliphatic hydroxyl groups is 1. The molecule has 0 heterocycles. The molecule has 3 unspecified atom stereocenters. The molecule has 11 nitrogen and oxygen atoms in total. The van der Waals surface area contributed by atoms with Gasteiger partial charge in [0, 0.05) is 19.3 Å². The third-order valence-electron chi connectivity index (χ3n) is 14.9. The molecule has 0 radical (unpaired) electrons. The Morgan fingerprint density at radius 3 is 0.974 bits per heavy atom. The fourth-order valence-corrected chi connectivity index (χ4v) is 10.6. The molecule has 0 aromatic rings. The number of phosphoric ester groups is 1. The van der Waals surface area contributed by atoms with Gasteiger partial charge in [-0.15, -0.1) is 0 Å². The first-order chi connectivity index (χ1) is 38.2. The number of carbonyl (C=O) groups is 3. The topological polar surface area (TPSA) is 155 Å². The van der Waals surface area contributed by atoms with Crippen molar-refractivity contribution in [3.05, 3.63) is 24.3 Å². The maximum Gasteiger partial charge on any atom is 0.472 e. The quantitative estimate of drug-likeness (QED) is 0.0197. The normalized spacial score (nSPS) is 13.3. The second-order valence-corrected chi connectivity index (χ2v) is 24.1. The summed E-state index contributed by atoms with van der Waals surface area (Å²) in [7, 11) is -4.75. The standard InChI is InChI=1S/C66H125O11P/c1-4-7-10-13-16-19-22-25-28-30-31-33-35-37-40-43-46-49-52-55-64(68)73-59-63(77-66(70)57-54-51-48-45-42-39-36-32-29-26-23-20-17-14-11-8-5-2)61-75-78(71,72)74-60-62(58-67)76-65(69)56-53-50-47-44-41-38-34-27-24-21-18-15-12-9-6-3/h16,19,25,28,62-63,67H,4-15,17-18,20-24,26-27,29-61H2,1-3H3,(H,71,72)/b19-16-,28-25-. The first-order valence-electron chi connectivity index (χ1n) is 33.2. The molecule has 0 aromatic carbocycles. The summed E-state index contributed by atoms with van der Waals surface area (Å²) in [6, 6.07) is 0. The van der Waals surface area contributed by atoms with Crippen molar-refractivity contribution in [1.82, 2.24) is 0 Å². The maximum absolute atomic E-state index is 13.0. The van der Waals surface area contributed by atoms with Crippen molar-refractivity contribution < 1.29 is 52.2 Å². The number of phosphoric acid groups is 1. The molecule has 0 aromatic heterocycles. The van der Waals surface area contributed by atoms with E-state index in [9.17, 15) is 28.9 Å². The van der Waals surface area contributed by atoms with Gasteiger partial charge in [0.2, 0.25) is 0 Å². The molecule has 0 aliphatic rings. The second-order valence-electron chi connectivity index (χ2n) is 22.7. The number of hydrogen-bond acceptors (Lipinski definition) is 10. The molecule has 3 atom stereocenters. The van der Waals surface area contributed by atoms with Crippen molar-refractivity contribution >= 4 is 25.7 Å². The molecule has 0 bridgehead atoms. The summed E-state index contributed by atoms with van der Waals surface area (Å²) < 4.78 is 39.7. The van der Waals surface area contributed by atoms with E-state index >= 15 is 0 Å². The Labute approximate surface area is 480 Å². The van der Waals surface area contributed by atoms with Crippen LogP contribution in [0.25, 0.3) is 0 Å². The van der Waals surface area contributed by atoms with Crippen molar-refractivity contribution in [2.75, 3.05) is 26.4 Å². The molecule has 2 N–H and O–H groups in total. The summed E-state index contributed by atoms with van der Waals surface area (Å²) in [5, 5.41) is 9.85. The number of unbranched alkanes of at least 4 members (excludes halogenated alkanes) is 42. The Morgan fingerprint density at radius 2 is 0.628 bits per heavy atom. The number of esters is 3. The van der Waals surface area contributed by atoms with E-state index < -0.39 is 57.8 Å². The summed E-state index contributed by atoms with van der Waals surface area (Å²) in [6.45, 7) is 4.71. The van der Waals surface area contributed by atoms with Crippen LogP contribution in [0, 0.1) is 0 Å². The van der Waals surface area contributed by atoms with Gasteiger partial charge < -0.3 is 24.2 Å². The maximum atomic E-state index is 13.0. The molecule has 0 rings (SSSR count). The highest BCUT2D eigenvalue weighted by Gasteiger charge is 2.28. The van der Waals surface area contributed by atoms with Crippen LogP contribution >= 0.6 is 7.82 Å². The Morgan fingerprint density at radius 1 is 0.359 bits per heavy atom. The zero-order chi connectivity index (χ0) is 56.9. The largest absolute Gasteiger partial charge is 0.472 e. The van der Waals surface area contributed by atoms with Crippen molar-refractivity contribution in [2.24, 2.45) is 0 Å². The van der Waals surface area contributed by atoms with Crippen LogP contribution in [0.5, 0.6) is 0 Å². The van der Waals surface area contributed by atoms with Crippen LogP contribution < -0.4 is 0 Å². The van der Waals surface area contributed by atoms with Gasteiger partial charge in [0.15, 0.2) is 6.10 Å². The van der Waals surface area contributed by atoms with Crippen LogP contribution in [0.1, 0.15) is 342 Å². The van der Waals surface area contributed by atoms with Gasteiger partial charge in [-0.25, -0.2) is 4.57 Å². The Bertz CT molecular complexity index is 1400. The number of hydrogen-bond donors (Lipinski definition) is 2. The van der Waals surface area contributed by atoms with E-state index in [1.165, 1.54) is 212 Å². The average Bonchev–Trinajstić information content (AvgIpc) is 3.43. The van der Waals surface area contributed by atoms with Gasteiger partial charge in [0.25, 0.3) is 0 Å². The van der Waals surface area contributed by atoms with Crippen LogP contribution in [-0.4, -0.2) is 66.5 Å². The van der Waals surface area contributed by atoms with Crippen LogP contribution in [-0.2, 0) is 42.2 Å². The Balaban J connectivity index is 4.65. The highest BCUT2D eigenvalue weighted by atomic mass is 31.2. The molecule has 0 aliphatic heterocycles. The monoisotopic (exact) mass is 1120 g/mol. The van der Waals surface area contributed by atoms with E-state index in [0.29, 0.717) is 19.3 Å². The molecule has 12 heteroatoms. The Hall–Kier alpha value is -2.04. The van der Waals surface area contributed by atoms with Crippen molar-refractivity contribution in [3.8, 4) is 0 Å². The van der Waals surface area contributed by atoms with Crippen LogP contribution in [0.15, 0.2) is 24.3 Å². The summed E-state index contributed by atoms with van der Waals surface area (Å²) in [5.74, 6) is -1.43. The van der Waals surface area contributed by atoms with Gasteiger partial charge in [0.05, 0.1) is 19.8 Å². The summed E-state index contributed by atoms with van der Waals surface area (Å²) in [4.78, 5) is 48.8. The first-order valence-corrected chi connectivity index (χ1v) is 34.7. The third-order valence-corrected chi connectivity index (χ3v) is 15.8. The lowest BCUT2D eigenvalue weighted by Gasteiger charge is -2.21. The fraction of sp³-hybridized carbons (Fsp3) is 0.894. The van der Waals surface area contributed by atoms with Crippen molar-refractivity contribution in [2.45, 2.75) is 354 Å². The predicted molar refractivity (Wildman–Crippen MR) is 326 cm³/mol. The van der Waals surface area contributed by atoms with Crippen LogP contribution in [0.3, 0.4) is 0 Å². The fourth-order valence-electron chi connectivity index (χ4n) is 9.80. The Kier molecular flexibility index (Phi) is 59.4. The number of aliphatic hydroxyl groups excluding tert-OH is 1. The predicted octanol–water partition coefficient (Wildman–Crippen LogP) is 20.2. The third kappa shape index (κ3) is 58.6. The van der Waals surface area contributed by atoms with Gasteiger partial charge in [0.1, 0.15) is 12.7 Å². The lowest BCUT2D eigenvalue weighted by Crippen LogP contribution is -2.30. The summed E-state index contributed by atoms with van der Waals surface area (Å²) in [6.07, 6.45) is 64.1. The molecule has 0 spiro atoms. The first kappa shape index (κ1) is 76.0. The minimum absolute atomic E-state index is 0.175. The number of carbonyl (C=O) groups excluding carboxylic acids is 3. The van der Waals surface area contributed by atoms with E-state index in [-0.39, 0.29) is 25.9 Å². The molecule has 460 valence electrons. The molecular weight excluding hydrogens is 1000 g/mol. The van der Waals surface area contributed by atoms with Gasteiger partial charge in [-0.3, -0.25) is 23.4 Å². The number of rotatable bonds is 63. The average molecular weight is 1130 g/mol. The van der Waals surface area contributed by atoms with E-state index in [1.54, 1.807) is 0 Å². The van der Waals surface area contributed by atoms with Crippen molar-refractivity contribution in [1.29, 1.82) is 0 Å². The molecule has 0 fully saturated rings. The summed E-state index contributed by atoms with van der Waals surface area (Å²) >= 11 is 0. The SMILES string of the molecule is CCCCC/C=C\C/C=C\CCCCCCCCCCCC(=O)OCC(COP(=O)(O)OCC(CO)OC(=O)CCCCCCCCCCCCCCCCC)OC(=O)CCCCCCCCCCCCCCCCCCC.